The van der Waals surface area contributed by atoms with Crippen molar-refractivity contribution in [2.24, 2.45) is 0 Å². The number of amides is 2. The summed E-state index contributed by atoms with van der Waals surface area (Å²) in [6.45, 7) is 13.4. The van der Waals surface area contributed by atoms with Crippen molar-refractivity contribution in [3.63, 3.8) is 0 Å². The molecule has 2 aliphatic carbocycles. The highest BCUT2D eigenvalue weighted by Gasteiger charge is 2.29. The van der Waals surface area contributed by atoms with Crippen LogP contribution < -0.4 is 10.6 Å². The van der Waals surface area contributed by atoms with Crippen LogP contribution in [-0.2, 0) is 28.5 Å². The van der Waals surface area contributed by atoms with Crippen molar-refractivity contribution in [2.75, 3.05) is 14.2 Å². The molecule has 0 aromatic heterocycles. The fraction of sp³-hybridized carbons (Fsp3) is 0.540. The fourth-order valence-corrected chi connectivity index (χ4v) is 8.13. The molecule has 2 aliphatic rings. The summed E-state index contributed by atoms with van der Waals surface area (Å²) >= 11 is 0. The summed E-state index contributed by atoms with van der Waals surface area (Å²) in [5.41, 5.74) is 5.06. The molecule has 0 saturated heterocycles. The normalized spacial score (nSPS) is 20.4. The van der Waals surface area contributed by atoms with E-state index in [9.17, 15) is 19.2 Å². The van der Waals surface area contributed by atoms with Crippen LogP contribution in [0.1, 0.15) is 173 Å². The summed E-state index contributed by atoms with van der Waals surface area (Å²) in [5.74, 6) is 0.411. The topological polar surface area (TPSA) is 163 Å². The van der Waals surface area contributed by atoms with E-state index >= 15 is 0 Å². The number of nitrogens with one attached hydrogen (secondary N) is 2. The lowest BCUT2D eigenvalue weighted by Gasteiger charge is -2.32. The van der Waals surface area contributed by atoms with Gasteiger partial charge >= 0.3 is 30.3 Å². The third kappa shape index (κ3) is 18.2. The van der Waals surface area contributed by atoms with Gasteiger partial charge in [-0.25, -0.2) is 19.2 Å². The van der Waals surface area contributed by atoms with Crippen LogP contribution in [0.3, 0.4) is 0 Å². The van der Waals surface area contributed by atoms with Crippen molar-refractivity contribution in [1.29, 1.82) is 0 Å². The molecule has 338 valence electrons. The van der Waals surface area contributed by atoms with E-state index in [1.807, 2.05) is 90.1 Å². The zero-order chi connectivity index (χ0) is 45.9. The highest BCUT2D eigenvalue weighted by Crippen LogP contribution is 2.38. The van der Waals surface area contributed by atoms with Crippen LogP contribution in [0.4, 0.5) is 9.59 Å². The number of alkyl carbamates (subject to hydrolysis) is 2. The zero-order valence-corrected chi connectivity index (χ0v) is 38.2. The van der Waals surface area contributed by atoms with Gasteiger partial charge in [0.2, 0.25) is 0 Å². The van der Waals surface area contributed by atoms with Crippen LogP contribution in [0.15, 0.2) is 72.8 Å². The van der Waals surface area contributed by atoms with Gasteiger partial charge in [-0.05, 0) is 152 Å². The van der Waals surface area contributed by atoms with Gasteiger partial charge in [-0.15, -0.1) is 0 Å². The maximum Gasteiger partial charge on any atom is 0.407 e. The molecule has 62 heavy (non-hydrogen) atoms. The maximum atomic E-state index is 12.6. The van der Waals surface area contributed by atoms with E-state index in [2.05, 4.69) is 41.8 Å². The van der Waals surface area contributed by atoms with Gasteiger partial charge < -0.3 is 29.6 Å². The van der Waals surface area contributed by atoms with Crippen molar-refractivity contribution in [3.05, 3.63) is 106 Å². The Morgan fingerprint density at radius 3 is 1.24 bits per heavy atom. The molecule has 12 heteroatoms. The monoisotopic (exact) mass is 856 g/mol. The summed E-state index contributed by atoms with van der Waals surface area (Å²) in [4.78, 5) is 64.4. The van der Waals surface area contributed by atoms with Crippen molar-refractivity contribution in [3.8, 4) is 0 Å². The van der Waals surface area contributed by atoms with Crippen LogP contribution >= 0.6 is 0 Å². The lowest BCUT2D eigenvalue weighted by Crippen LogP contribution is -2.41. The Balaban J connectivity index is 0.000000319. The molecular weight excluding hydrogens is 789 g/mol. The second-order valence-electron chi connectivity index (χ2n) is 18.3. The predicted molar refractivity (Wildman–Crippen MR) is 237 cm³/mol. The summed E-state index contributed by atoms with van der Waals surface area (Å²) in [5, 5.41) is 6.20. The molecule has 1 unspecified atom stereocenters. The Bertz CT molecular complexity index is 1890. The van der Waals surface area contributed by atoms with Gasteiger partial charge in [0, 0.05) is 12.1 Å². The summed E-state index contributed by atoms with van der Waals surface area (Å²) in [6.07, 6.45) is 10.9. The first kappa shape index (κ1) is 50.9. The van der Waals surface area contributed by atoms with Crippen molar-refractivity contribution < 1.29 is 47.7 Å². The molecule has 3 aromatic rings. The molecule has 2 N–H and O–H groups in total. The minimum Gasteiger partial charge on any atom is -0.465 e. The van der Waals surface area contributed by atoms with Crippen LogP contribution in [0, 0.1) is 6.92 Å². The molecule has 2 fully saturated rings. The SMILES string of the molecule is COC(=O)c1ccc([C@H]2CCCC(c3ccc(C)cc3)C[C@@H](NC(=O)OC(C)(C)C)C2)cc1.COC(=O)c1ccc([C@H]2CCCCC[C@@H](NC(=O)OC(C)(C)C)C2)cc1.O=C=O. The second-order valence-corrected chi connectivity index (χ2v) is 18.3. The van der Waals surface area contributed by atoms with E-state index in [0.29, 0.717) is 28.9 Å². The van der Waals surface area contributed by atoms with E-state index < -0.39 is 11.2 Å². The number of rotatable bonds is 7. The standard InChI is InChI=1S/C28H37NO4.C21H31NO4.CO2/c1-19-9-11-20(12-10-19)23-7-6-8-24(21-13-15-22(16-14-21)26(30)32-5)18-25(17-23)29-27(31)33-28(2,3)4;1-21(2,3)26-20(24)22-18-9-7-5-6-8-17(14-18)15-10-12-16(13-11-15)19(23)25-4;2-1-3/h9-16,23-25H,6-8,17-18H2,1-5H3,(H,29,31);10-13,17-18H,5-9,14H2,1-4H3,(H,22,24);/t23?,24-,25+;17-,18+;/m00./s1. The third-order valence-corrected chi connectivity index (χ3v) is 11.0. The predicted octanol–water partition coefficient (Wildman–Crippen LogP) is 10.7. The molecule has 0 radical (unpaired) electrons. The first-order valence-electron chi connectivity index (χ1n) is 21.8. The largest absolute Gasteiger partial charge is 0.465 e. The summed E-state index contributed by atoms with van der Waals surface area (Å²) in [6, 6.07) is 24.2. The highest BCUT2D eigenvalue weighted by atomic mass is 16.6. The van der Waals surface area contributed by atoms with Crippen LogP contribution in [0.5, 0.6) is 0 Å². The van der Waals surface area contributed by atoms with Gasteiger partial charge in [0.05, 0.1) is 25.3 Å². The van der Waals surface area contributed by atoms with Gasteiger partial charge in [-0.2, -0.15) is 9.59 Å². The maximum absolute atomic E-state index is 12.6. The van der Waals surface area contributed by atoms with Gasteiger partial charge in [0.15, 0.2) is 0 Å². The lowest BCUT2D eigenvalue weighted by atomic mass is 9.78. The molecule has 0 heterocycles. The first-order chi connectivity index (χ1) is 29.3. The number of carbonyl (C=O) groups excluding carboxylic acids is 6. The van der Waals surface area contributed by atoms with Gasteiger partial charge in [0.25, 0.3) is 0 Å². The van der Waals surface area contributed by atoms with Gasteiger partial charge in [-0.1, -0.05) is 79.8 Å². The quantitative estimate of drug-likeness (QED) is 0.173. The van der Waals surface area contributed by atoms with E-state index in [1.54, 1.807) is 0 Å². The number of aryl methyl sites for hydroxylation is 1. The number of hydrogen-bond acceptors (Lipinski definition) is 10. The van der Waals surface area contributed by atoms with Gasteiger partial charge in [-0.3, -0.25) is 0 Å². The number of hydrogen-bond donors (Lipinski definition) is 2. The number of carbonyl (C=O) groups is 4. The van der Waals surface area contributed by atoms with Crippen LogP contribution in [0.2, 0.25) is 0 Å². The molecule has 0 spiro atoms. The first-order valence-corrected chi connectivity index (χ1v) is 21.8. The van der Waals surface area contributed by atoms with E-state index in [0.717, 1.165) is 57.8 Å². The zero-order valence-electron chi connectivity index (χ0n) is 38.2. The Hall–Kier alpha value is -5.48. The Morgan fingerprint density at radius 2 is 0.855 bits per heavy atom. The number of esters is 2. The molecule has 5 rings (SSSR count). The van der Waals surface area contributed by atoms with Crippen molar-refractivity contribution >= 4 is 30.3 Å². The summed E-state index contributed by atoms with van der Waals surface area (Å²) in [7, 11) is 2.78. The van der Waals surface area contributed by atoms with Gasteiger partial charge in [0.1, 0.15) is 11.2 Å². The second kappa shape index (κ2) is 24.8. The molecular formula is C50H68N2O10. The number of ether oxygens (including phenoxy) is 4. The average molecular weight is 857 g/mol. The minimum absolute atomic E-state index is 0.00302. The Labute approximate surface area is 368 Å². The van der Waals surface area contributed by atoms with E-state index in [-0.39, 0.29) is 42.4 Å². The smallest absolute Gasteiger partial charge is 0.407 e. The molecule has 0 aliphatic heterocycles. The molecule has 5 atom stereocenters. The number of benzene rings is 3. The van der Waals surface area contributed by atoms with Crippen molar-refractivity contribution in [1.82, 2.24) is 10.6 Å². The van der Waals surface area contributed by atoms with E-state index in [1.165, 1.54) is 49.3 Å². The van der Waals surface area contributed by atoms with Crippen LogP contribution in [-0.4, -0.2) is 67.8 Å². The Kier molecular flexibility index (Phi) is 20.4. The molecule has 2 amide bonds. The van der Waals surface area contributed by atoms with Crippen LogP contribution in [0.25, 0.3) is 0 Å². The van der Waals surface area contributed by atoms with Crippen molar-refractivity contribution in [2.45, 2.75) is 160 Å². The lowest BCUT2D eigenvalue weighted by molar-refractivity contribution is -0.191. The van der Waals surface area contributed by atoms with E-state index in [4.69, 9.17) is 28.5 Å². The summed E-state index contributed by atoms with van der Waals surface area (Å²) < 4.78 is 20.5. The fourth-order valence-electron chi connectivity index (χ4n) is 8.13. The number of methoxy groups -OCH3 is 2. The minimum atomic E-state index is -0.537. The third-order valence-electron chi connectivity index (χ3n) is 11.0. The molecule has 0 bridgehead atoms. The average Bonchev–Trinajstić information content (AvgIpc) is 3.19. The molecule has 2 saturated carbocycles. The molecule has 3 aromatic carbocycles. The Morgan fingerprint density at radius 1 is 0.516 bits per heavy atom. The highest BCUT2D eigenvalue weighted by molar-refractivity contribution is 5.89. The molecule has 12 nitrogen and oxygen atoms in total.